The second-order valence-corrected chi connectivity index (χ2v) is 7.42. The predicted octanol–water partition coefficient (Wildman–Crippen LogP) is 2.13. The van der Waals surface area contributed by atoms with Crippen LogP contribution in [-0.4, -0.2) is 29.3 Å². The number of imidazole rings is 1. The van der Waals surface area contributed by atoms with Gasteiger partial charge in [0.05, 0.1) is 6.33 Å². The van der Waals surface area contributed by atoms with Crippen molar-refractivity contribution >= 4 is 39.0 Å². The number of sulfonamides is 1. The molecule has 0 spiro atoms. The third-order valence-corrected chi connectivity index (χ3v) is 5.26. The van der Waals surface area contributed by atoms with E-state index in [9.17, 15) is 8.42 Å². The van der Waals surface area contributed by atoms with Crippen LogP contribution in [0.2, 0.25) is 10.0 Å². The van der Waals surface area contributed by atoms with Crippen molar-refractivity contribution in [3.8, 4) is 0 Å². The topological polar surface area (TPSA) is 81.2 Å². The maximum absolute atomic E-state index is 12.5. The summed E-state index contributed by atoms with van der Waals surface area (Å²) in [6.07, 6.45) is 1.35. The van der Waals surface area contributed by atoms with Crippen LogP contribution in [-0.2, 0) is 23.6 Å². The van der Waals surface area contributed by atoms with Crippen LogP contribution < -0.4 is 5.73 Å². The molecule has 0 fully saturated rings. The Hall–Kier alpha value is -1.28. The molecule has 114 valence electrons. The summed E-state index contributed by atoms with van der Waals surface area (Å²) in [5, 5.41) is 0.852. The van der Waals surface area contributed by atoms with E-state index in [1.54, 1.807) is 25.2 Å². The fourth-order valence-electron chi connectivity index (χ4n) is 1.94. The van der Waals surface area contributed by atoms with Gasteiger partial charge in [-0.2, -0.15) is 4.31 Å². The molecule has 1 heterocycles. The molecular weight excluding hydrogens is 335 g/mol. The molecule has 0 amide bonds. The molecule has 21 heavy (non-hydrogen) atoms. The number of anilines is 1. The van der Waals surface area contributed by atoms with Crippen molar-refractivity contribution in [2.24, 2.45) is 7.05 Å². The van der Waals surface area contributed by atoms with E-state index in [-0.39, 0.29) is 17.4 Å². The molecule has 6 nitrogen and oxygen atoms in total. The molecule has 0 aliphatic rings. The average molecular weight is 349 g/mol. The molecule has 1 aromatic carbocycles. The molecule has 2 N–H and O–H groups in total. The Morgan fingerprint density at radius 1 is 1.29 bits per heavy atom. The highest BCUT2D eigenvalue weighted by molar-refractivity contribution is 7.89. The van der Waals surface area contributed by atoms with Gasteiger partial charge < -0.3 is 10.3 Å². The number of rotatable bonds is 4. The lowest BCUT2D eigenvalue weighted by Crippen LogP contribution is -2.28. The highest BCUT2D eigenvalue weighted by Gasteiger charge is 2.27. The van der Waals surface area contributed by atoms with Crippen molar-refractivity contribution in [1.29, 1.82) is 0 Å². The molecule has 0 aliphatic carbocycles. The fourth-order valence-corrected chi connectivity index (χ4v) is 3.86. The third-order valence-electron chi connectivity index (χ3n) is 2.89. The molecule has 2 rings (SSSR count). The molecule has 2 aromatic rings. The summed E-state index contributed by atoms with van der Waals surface area (Å²) in [6, 6.07) is 4.90. The first-order valence-electron chi connectivity index (χ1n) is 5.90. The van der Waals surface area contributed by atoms with Gasteiger partial charge in [0.1, 0.15) is 0 Å². The lowest BCUT2D eigenvalue weighted by Gasteiger charge is -2.18. The van der Waals surface area contributed by atoms with Gasteiger partial charge in [-0.25, -0.2) is 13.4 Å². The minimum atomic E-state index is -3.76. The van der Waals surface area contributed by atoms with Crippen LogP contribution in [0, 0.1) is 0 Å². The van der Waals surface area contributed by atoms with Crippen LogP contribution in [0.25, 0.3) is 0 Å². The van der Waals surface area contributed by atoms with Gasteiger partial charge in [-0.05, 0) is 23.8 Å². The van der Waals surface area contributed by atoms with Crippen molar-refractivity contribution in [2.45, 2.75) is 11.6 Å². The normalized spacial score (nSPS) is 12.0. The lowest BCUT2D eigenvalue weighted by atomic mass is 10.2. The Morgan fingerprint density at radius 3 is 2.33 bits per heavy atom. The Morgan fingerprint density at radius 2 is 1.86 bits per heavy atom. The standard InChI is InChI=1S/C12H14Cl2N4O2S/c1-17-7-16-11(15)12(17)21(19,20)18(2)6-8-3-9(13)5-10(14)4-8/h3-5,7H,6,15H2,1-2H3. The summed E-state index contributed by atoms with van der Waals surface area (Å²) in [6.45, 7) is 0.118. The Labute approximate surface area is 133 Å². The van der Waals surface area contributed by atoms with E-state index in [0.29, 0.717) is 15.6 Å². The van der Waals surface area contributed by atoms with Crippen LogP contribution in [0.3, 0.4) is 0 Å². The molecule has 0 saturated carbocycles. The summed E-state index contributed by atoms with van der Waals surface area (Å²) in [7, 11) is -0.734. The van der Waals surface area contributed by atoms with Gasteiger partial charge >= 0.3 is 0 Å². The molecule has 0 saturated heterocycles. The number of nitrogens with zero attached hydrogens (tertiary/aromatic N) is 3. The second-order valence-electron chi connectivity index (χ2n) is 4.58. The van der Waals surface area contributed by atoms with E-state index in [2.05, 4.69) is 4.98 Å². The van der Waals surface area contributed by atoms with Gasteiger partial charge in [-0.15, -0.1) is 0 Å². The Kier molecular flexibility index (Phi) is 4.48. The van der Waals surface area contributed by atoms with Crippen LogP contribution in [0.5, 0.6) is 0 Å². The quantitative estimate of drug-likeness (QED) is 0.917. The van der Waals surface area contributed by atoms with Crippen LogP contribution >= 0.6 is 23.2 Å². The maximum atomic E-state index is 12.5. The summed E-state index contributed by atoms with van der Waals surface area (Å²) in [5.41, 5.74) is 6.31. The number of aryl methyl sites for hydroxylation is 1. The lowest BCUT2D eigenvalue weighted by molar-refractivity contribution is 0.461. The molecule has 0 radical (unpaired) electrons. The fraction of sp³-hybridized carbons (Fsp3) is 0.250. The minimum absolute atomic E-state index is 0.0338. The largest absolute Gasteiger partial charge is 0.381 e. The molecule has 1 aromatic heterocycles. The van der Waals surface area contributed by atoms with Gasteiger partial charge in [0.25, 0.3) is 10.0 Å². The molecular formula is C12H14Cl2N4O2S. The number of hydrogen-bond acceptors (Lipinski definition) is 4. The van der Waals surface area contributed by atoms with Crippen LogP contribution in [0.1, 0.15) is 5.56 Å². The second kappa shape index (κ2) is 5.84. The van der Waals surface area contributed by atoms with Gasteiger partial charge in [0, 0.05) is 30.7 Å². The first kappa shape index (κ1) is 16.1. The van der Waals surface area contributed by atoms with E-state index in [1.165, 1.54) is 22.2 Å². The summed E-state index contributed by atoms with van der Waals surface area (Å²) in [5.74, 6) is -0.0338. The number of aromatic nitrogens is 2. The van der Waals surface area contributed by atoms with Gasteiger partial charge in [0.15, 0.2) is 10.8 Å². The third kappa shape index (κ3) is 3.32. The highest BCUT2D eigenvalue weighted by atomic mass is 35.5. The Balaban J connectivity index is 2.33. The van der Waals surface area contributed by atoms with Crippen molar-refractivity contribution in [2.75, 3.05) is 12.8 Å². The summed E-state index contributed by atoms with van der Waals surface area (Å²) in [4.78, 5) is 3.79. The van der Waals surface area contributed by atoms with Crippen LogP contribution in [0.4, 0.5) is 5.82 Å². The number of benzene rings is 1. The van der Waals surface area contributed by atoms with E-state index >= 15 is 0 Å². The van der Waals surface area contributed by atoms with Gasteiger partial charge in [-0.1, -0.05) is 23.2 Å². The summed E-state index contributed by atoms with van der Waals surface area (Å²) >= 11 is 11.8. The Bertz CT molecular complexity index is 734. The molecule has 0 aliphatic heterocycles. The zero-order valence-corrected chi connectivity index (χ0v) is 13.7. The van der Waals surface area contributed by atoms with Gasteiger partial charge in [-0.3, -0.25) is 0 Å². The number of hydrogen-bond donors (Lipinski definition) is 1. The van der Waals surface area contributed by atoms with Crippen LogP contribution in [0.15, 0.2) is 29.6 Å². The zero-order valence-electron chi connectivity index (χ0n) is 11.4. The monoisotopic (exact) mass is 348 g/mol. The SMILES string of the molecule is CN(Cc1cc(Cl)cc(Cl)c1)S(=O)(=O)c1c(N)ncn1C. The average Bonchev–Trinajstić information content (AvgIpc) is 2.67. The number of nitrogens with two attached hydrogens (primary N) is 1. The number of halogens is 2. The van der Waals surface area contributed by atoms with E-state index < -0.39 is 10.0 Å². The maximum Gasteiger partial charge on any atom is 0.262 e. The van der Waals surface area contributed by atoms with Crippen molar-refractivity contribution in [1.82, 2.24) is 13.9 Å². The van der Waals surface area contributed by atoms with Gasteiger partial charge in [0.2, 0.25) is 0 Å². The van der Waals surface area contributed by atoms with E-state index in [1.807, 2.05) is 0 Å². The molecule has 0 bridgehead atoms. The number of nitrogen functional groups attached to an aromatic ring is 1. The zero-order chi connectivity index (χ0) is 15.8. The van der Waals surface area contributed by atoms with Crippen molar-refractivity contribution in [3.05, 3.63) is 40.1 Å². The minimum Gasteiger partial charge on any atom is -0.381 e. The first-order chi connectivity index (χ1) is 9.71. The highest BCUT2D eigenvalue weighted by Crippen LogP contribution is 2.24. The van der Waals surface area contributed by atoms with Crippen molar-refractivity contribution < 1.29 is 8.42 Å². The predicted molar refractivity (Wildman–Crippen MR) is 82.7 cm³/mol. The smallest absolute Gasteiger partial charge is 0.262 e. The molecule has 0 unspecified atom stereocenters. The molecule has 0 atom stereocenters. The van der Waals surface area contributed by atoms with E-state index in [0.717, 1.165) is 0 Å². The summed E-state index contributed by atoms with van der Waals surface area (Å²) < 4.78 is 27.6. The first-order valence-corrected chi connectivity index (χ1v) is 8.09. The van der Waals surface area contributed by atoms with Crippen molar-refractivity contribution in [3.63, 3.8) is 0 Å². The van der Waals surface area contributed by atoms with E-state index in [4.69, 9.17) is 28.9 Å². The molecule has 9 heteroatoms.